The summed E-state index contributed by atoms with van der Waals surface area (Å²) in [4.78, 5) is 24.1. The molecule has 2 N–H and O–H groups in total. The van der Waals surface area contributed by atoms with Gasteiger partial charge in [-0.1, -0.05) is 60.7 Å². The molecule has 3 aromatic carbocycles. The van der Waals surface area contributed by atoms with Crippen LogP contribution in [0.3, 0.4) is 0 Å². The molecule has 9 heteroatoms. The van der Waals surface area contributed by atoms with E-state index in [9.17, 15) is 27.9 Å². The molecule has 0 spiro atoms. The Bertz CT molecular complexity index is 1180. The van der Waals surface area contributed by atoms with E-state index in [1.807, 2.05) is 48.5 Å². The number of amides is 1. The number of carboxylic acids is 1. The third-order valence-electron chi connectivity index (χ3n) is 5.79. The van der Waals surface area contributed by atoms with Crippen molar-refractivity contribution in [2.24, 2.45) is 0 Å². The minimum atomic E-state index is -4.83. The molecular formula is C26H22F3NO5. The van der Waals surface area contributed by atoms with Crippen molar-refractivity contribution >= 4 is 12.1 Å². The van der Waals surface area contributed by atoms with Crippen molar-refractivity contribution < 1.29 is 37.3 Å². The molecule has 0 unspecified atom stereocenters. The van der Waals surface area contributed by atoms with Crippen molar-refractivity contribution in [3.05, 3.63) is 89.5 Å². The summed E-state index contributed by atoms with van der Waals surface area (Å²) in [6.45, 7) is 0.0308. The van der Waals surface area contributed by atoms with E-state index >= 15 is 0 Å². The molecule has 1 amide bonds. The lowest BCUT2D eigenvalue weighted by molar-refractivity contribution is -0.274. The summed E-state index contributed by atoms with van der Waals surface area (Å²) in [5, 5.41) is 11.8. The Labute approximate surface area is 199 Å². The van der Waals surface area contributed by atoms with E-state index in [4.69, 9.17) is 4.74 Å². The third-order valence-corrected chi connectivity index (χ3v) is 5.79. The Balaban J connectivity index is 1.36. The van der Waals surface area contributed by atoms with Crippen LogP contribution in [-0.4, -0.2) is 36.2 Å². The molecule has 1 aliphatic rings. The first-order valence-corrected chi connectivity index (χ1v) is 10.9. The van der Waals surface area contributed by atoms with Gasteiger partial charge in [0, 0.05) is 5.92 Å². The number of aliphatic carboxylic acids is 1. The van der Waals surface area contributed by atoms with E-state index < -0.39 is 30.2 Å². The van der Waals surface area contributed by atoms with Gasteiger partial charge in [0.1, 0.15) is 18.4 Å². The van der Waals surface area contributed by atoms with Crippen molar-refractivity contribution in [2.45, 2.75) is 31.2 Å². The normalized spacial score (nSPS) is 13.5. The van der Waals surface area contributed by atoms with Gasteiger partial charge in [-0.25, -0.2) is 9.59 Å². The van der Waals surface area contributed by atoms with Gasteiger partial charge in [-0.2, -0.15) is 0 Å². The number of ether oxygens (including phenoxy) is 2. The van der Waals surface area contributed by atoms with Gasteiger partial charge in [0.25, 0.3) is 0 Å². The Hall–Kier alpha value is -4.01. The van der Waals surface area contributed by atoms with Gasteiger partial charge in [0.05, 0.1) is 0 Å². The molecule has 0 aromatic heterocycles. The monoisotopic (exact) mass is 485 g/mol. The number of alkyl halides is 3. The number of hydrogen-bond donors (Lipinski definition) is 2. The lowest BCUT2D eigenvalue weighted by Crippen LogP contribution is -2.41. The topological polar surface area (TPSA) is 84.9 Å². The van der Waals surface area contributed by atoms with E-state index in [2.05, 4.69) is 10.1 Å². The first-order chi connectivity index (χ1) is 16.7. The van der Waals surface area contributed by atoms with Crippen molar-refractivity contribution in [1.82, 2.24) is 5.32 Å². The highest BCUT2D eigenvalue weighted by atomic mass is 19.4. The predicted octanol–water partition coefficient (Wildman–Crippen LogP) is 5.51. The molecule has 0 fully saturated rings. The zero-order valence-electron chi connectivity index (χ0n) is 18.4. The highest BCUT2D eigenvalue weighted by molar-refractivity contribution is 5.81. The zero-order valence-corrected chi connectivity index (χ0v) is 18.4. The van der Waals surface area contributed by atoms with E-state index in [1.54, 1.807) is 6.07 Å². The number of rotatable bonds is 8. The minimum absolute atomic E-state index is 0.0308. The number of fused-ring (bicyclic) bond motifs is 3. The molecule has 0 aliphatic heterocycles. The van der Waals surface area contributed by atoms with E-state index in [0.29, 0.717) is 5.56 Å². The first-order valence-electron chi connectivity index (χ1n) is 10.9. The Morgan fingerprint density at radius 2 is 1.57 bits per heavy atom. The fourth-order valence-corrected chi connectivity index (χ4v) is 4.25. The SMILES string of the molecule is O=C(N[C@@H](CCc1cccc(OC(F)(F)F)c1)C(=O)O)OCC1c2ccccc2-c2ccccc21. The van der Waals surface area contributed by atoms with Crippen LogP contribution < -0.4 is 10.1 Å². The van der Waals surface area contributed by atoms with Crippen LogP contribution in [0.4, 0.5) is 18.0 Å². The third kappa shape index (κ3) is 5.92. The maximum Gasteiger partial charge on any atom is 0.573 e. The Kier molecular flexibility index (Phi) is 6.95. The number of carbonyl (C=O) groups is 2. The number of nitrogens with one attached hydrogen (secondary N) is 1. The summed E-state index contributed by atoms with van der Waals surface area (Å²) in [5.41, 5.74) is 4.62. The number of aryl methyl sites for hydroxylation is 1. The van der Waals surface area contributed by atoms with Crippen LogP contribution in [0.5, 0.6) is 5.75 Å². The minimum Gasteiger partial charge on any atom is -0.480 e. The molecule has 0 radical (unpaired) electrons. The zero-order chi connectivity index (χ0) is 25.0. The maximum atomic E-state index is 12.4. The second-order valence-corrected chi connectivity index (χ2v) is 8.09. The molecule has 4 rings (SSSR count). The number of hydrogen-bond acceptors (Lipinski definition) is 4. The Morgan fingerprint density at radius 3 is 2.17 bits per heavy atom. The van der Waals surface area contributed by atoms with Gasteiger partial charge in [-0.3, -0.25) is 0 Å². The van der Waals surface area contributed by atoms with E-state index in [0.717, 1.165) is 28.3 Å². The fourth-order valence-electron chi connectivity index (χ4n) is 4.25. The average molecular weight is 485 g/mol. The number of carbonyl (C=O) groups excluding carboxylic acids is 1. The molecule has 35 heavy (non-hydrogen) atoms. The number of alkyl carbamates (subject to hydrolysis) is 1. The molecule has 0 saturated heterocycles. The van der Waals surface area contributed by atoms with E-state index in [-0.39, 0.29) is 25.4 Å². The number of halogens is 3. The average Bonchev–Trinajstić information content (AvgIpc) is 3.13. The van der Waals surface area contributed by atoms with Gasteiger partial charge in [0.2, 0.25) is 0 Å². The summed E-state index contributed by atoms with van der Waals surface area (Å²) in [5.74, 6) is -1.85. The summed E-state index contributed by atoms with van der Waals surface area (Å²) in [6, 6.07) is 19.6. The Morgan fingerprint density at radius 1 is 0.943 bits per heavy atom. The summed E-state index contributed by atoms with van der Waals surface area (Å²) in [6.07, 6.45) is -5.65. The van der Waals surface area contributed by atoms with Crippen LogP contribution in [0.15, 0.2) is 72.8 Å². The maximum absolute atomic E-state index is 12.4. The molecule has 1 atom stereocenters. The summed E-state index contributed by atoms with van der Waals surface area (Å²) >= 11 is 0. The number of carboxylic acid groups (broad SMARTS) is 1. The molecule has 0 saturated carbocycles. The molecule has 1 aliphatic carbocycles. The molecule has 3 aromatic rings. The van der Waals surface area contributed by atoms with Crippen molar-refractivity contribution in [3.63, 3.8) is 0 Å². The van der Waals surface area contributed by atoms with Crippen molar-refractivity contribution in [3.8, 4) is 16.9 Å². The molecule has 6 nitrogen and oxygen atoms in total. The van der Waals surface area contributed by atoms with Gasteiger partial charge >= 0.3 is 18.4 Å². The van der Waals surface area contributed by atoms with Crippen molar-refractivity contribution in [1.29, 1.82) is 0 Å². The standard InChI is InChI=1S/C26H22F3NO5/c27-26(28,29)35-17-7-5-6-16(14-17)12-13-23(24(31)32)30-25(33)34-15-22-20-10-3-1-8-18(20)19-9-2-4-11-21(19)22/h1-11,14,22-23H,12-13,15H2,(H,30,33)(H,31,32)/t23-/m0/s1. The number of benzene rings is 3. The van der Waals surface area contributed by atoms with Crippen LogP contribution in [0.25, 0.3) is 11.1 Å². The van der Waals surface area contributed by atoms with E-state index in [1.165, 1.54) is 12.1 Å². The summed E-state index contributed by atoms with van der Waals surface area (Å²) < 4.78 is 46.5. The van der Waals surface area contributed by atoms with Crippen molar-refractivity contribution in [2.75, 3.05) is 6.61 Å². The van der Waals surface area contributed by atoms with Gasteiger partial charge < -0.3 is 19.9 Å². The lowest BCUT2D eigenvalue weighted by Gasteiger charge is -2.17. The molecule has 0 bridgehead atoms. The largest absolute Gasteiger partial charge is 0.573 e. The first kappa shape index (κ1) is 24.1. The van der Waals surface area contributed by atoms with Crippen LogP contribution in [-0.2, 0) is 16.0 Å². The molecular weight excluding hydrogens is 463 g/mol. The van der Waals surface area contributed by atoms with Gasteiger partial charge in [0.15, 0.2) is 0 Å². The summed E-state index contributed by atoms with van der Waals surface area (Å²) in [7, 11) is 0. The van der Waals surface area contributed by atoms with Gasteiger partial charge in [-0.05, 0) is 52.8 Å². The highest BCUT2D eigenvalue weighted by Crippen LogP contribution is 2.44. The second kappa shape index (κ2) is 10.1. The fraction of sp³-hybridized carbons (Fsp3) is 0.231. The molecule has 182 valence electrons. The van der Waals surface area contributed by atoms with Crippen LogP contribution in [0.1, 0.15) is 29.0 Å². The van der Waals surface area contributed by atoms with Crippen LogP contribution in [0, 0.1) is 0 Å². The highest BCUT2D eigenvalue weighted by Gasteiger charge is 2.31. The van der Waals surface area contributed by atoms with Crippen LogP contribution in [0.2, 0.25) is 0 Å². The quantitative estimate of drug-likeness (QED) is 0.440. The lowest BCUT2D eigenvalue weighted by atomic mass is 9.98. The smallest absolute Gasteiger partial charge is 0.480 e. The second-order valence-electron chi connectivity index (χ2n) is 8.09. The predicted molar refractivity (Wildman–Crippen MR) is 121 cm³/mol. The van der Waals surface area contributed by atoms with Crippen LogP contribution >= 0.6 is 0 Å². The van der Waals surface area contributed by atoms with Gasteiger partial charge in [-0.15, -0.1) is 13.2 Å². The molecule has 0 heterocycles.